The molecule has 1 N–H and O–H groups in total. The first-order chi connectivity index (χ1) is 15.4. The van der Waals surface area contributed by atoms with E-state index < -0.39 is 0 Å². The van der Waals surface area contributed by atoms with E-state index in [-0.39, 0.29) is 11.8 Å². The molecule has 0 aliphatic carbocycles. The molecule has 0 saturated carbocycles. The van der Waals surface area contributed by atoms with Gasteiger partial charge in [-0.3, -0.25) is 14.9 Å². The minimum Gasteiger partial charge on any atom is -0.292 e. The number of nitrogens with one attached hydrogen (secondary N) is 1. The summed E-state index contributed by atoms with van der Waals surface area (Å²) < 4.78 is 0. The smallest absolute Gasteiger partial charge is 0.258 e. The minimum absolute atomic E-state index is 0.153. The molecular formula is C29H49NO2. The van der Waals surface area contributed by atoms with E-state index in [1.807, 2.05) is 26.8 Å². The van der Waals surface area contributed by atoms with Gasteiger partial charge in [0.05, 0.1) is 0 Å². The largest absolute Gasteiger partial charge is 0.292 e. The number of aryl methyl sites for hydroxylation is 1. The van der Waals surface area contributed by atoms with Crippen LogP contribution in [0.4, 0.5) is 0 Å². The summed E-state index contributed by atoms with van der Waals surface area (Å²) >= 11 is 0. The highest BCUT2D eigenvalue weighted by Gasteiger charge is 2.16. The summed E-state index contributed by atoms with van der Waals surface area (Å²) in [6.07, 6.45) is 20.1. The van der Waals surface area contributed by atoms with Gasteiger partial charge in [0, 0.05) is 12.0 Å². The Balaban J connectivity index is 2.04. The predicted molar refractivity (Wildman–Crippen MR) is 137 cm³/mol. The van der Waals surface area contributed by atoms with Crippen molar-refractivity contribution in [3.05, 3.63) is 33.9 Å². The third-order valence-electron chi connectivity index (χ3n) is 6.99. The van der Waals surface area contributed by atoms with Gasteiger partial charge in [-0.2, -0.15) is 0 Å². The first kappa shape index (κ1) is 28.4. The second kappa shape index (κ2) is 16.9. The molecule has 0 fully saturated rings. The zero-order valence-electron chi connectivity index (χ0n) is 21.7. The third-order valence-corrected chi connectivity index (χ3v) is 6.99. The van der Waals surface area contributed by atoms with E-state index in [9.17, 15) is 9.59 Å². The lowest BCUT2D eigenvalue weighted by Crippen LogP contribution is -2.31. The Morgan fingerprint density at radius 3 is 1.53 bits per heavy atom. The van der Waals surface area contributed by atoms with Crippen molar-refractivity contribution in [1.82, 2.24) is 5.32 Å². The van der Waals surface area contributed by atoms with Gasteiger partial charge < -0.3 is 0 Å². The van der Waals surface area contributed by atoms with Crippen LogP contribution in [0.1, 0.15) is 142 Å². The van der Waals surface area contributed by atoms with Gasteiger partial charge >= 0.3 is 0 Å². The lowest BCUT2D eigenvalue weighted by atomic mass is 9.94. The summed E-state index contributed by atoms with van der Waals surface area (Å²) in [4.78, 5) is 24.7. The van der Waals surface area contributed by atoms with Crippen LogP contribution in [-0.2, 0) is 4.79 Å². The Kier molecular flexibility index (Phi) is 15.0. The van der Waals surface area contributed by atoms with Crippen LogP contribution in [0.3, 0.4) is 0 Å². The monoisotopic (exact) mass is 443 g/mol. The van der Waals surface area contributed by atoms with Crippen molar-refractivity contribution >= 4 is 11.8 Å². The van der Waals surface area contributed by atoms with Gasteiger partial charge in [-0.15, -0.1) is 0 Å². The number of carbonyl (C=O) groups is 2. The van der Waals surface area contributed by atoms with Crippen molar-refractivity contribution in [3.63, 3.8) is 0 Å². The fraction of sp³-hybridized carbons (Fsp3) is 0.724. The molecule has 182 valence electrons. The van der Waals surface area contributed by atoms with Crippen molar-refractivity contribution in [2.75, 3.05) is 0 Å². The van der Waals surface area contributed by atoms with Gasteiger partial charge in [0.2, 0.25) is 5.91 Å². The summed E-state index contributed by atoms with van der Waals surface area (Å²) in [7, 11) is 0. The Morgan fingerprint density at radius 2 is 1.06 bits per heavy atom. The number of unbranched alkanes of at least 4 members (excludes halogenated alkanes) is 14. The molecule has 3 heteroatoms. The summed E-state index contributed by atoms with van der Waals surface area (Å²) in [6, 6.07) is 1.90. The van der Waals surface area contributed by atoms with Crippen molar-refractivity contribution < 1.29 is 9.59 Å². The van der Waals surface area contributed by atoms with Gasteiger partial charge in [-0.1, -0.05) is 96.8 Å². The van der Waals surface area contributed by atoms with E-state index in [1.54, 1.807) is 0 Å². The maximum Gasteiger partial charge on any atom is 0.258 e. The highest BCUT2D eigenvalue weighted by Crippen LogP contribution is 2.21. The van der Waals surface area contributed by atoms with E-state index in [2.05, 4.69) is 19.2 Å². The summed E-state index contributed by atoms with van der Waals surface area (Å²) in [5, 5.41) is 2.58. The zero-order chi connectivity index (χ0) is 23.8. The van der Waals surface area contributed by atoms with Crippen LogP contribution in [0.5, 0.6) is 0 Å². The Bertz CT molecular complexity index is 693. The zero-order valence-corrected chi connectivity index (χ0v) is 21.7. The first-order valence-electron chi connectivity index (χ1n) is 13.3. The van der Waals surface area contributed by atoms with E-state index in [4.69, 9.17) is 0 Å². The SMILES string of the molecule is CCCCCCCCCCCCCCCCCC(=O)NC(=O)c1cc(C)c(C)c(C)c1C. The molecule has 0 radical (unpaired) electrons. The normalized spacial score (nSPS) is 11.0. The van der Waals surface area contributed by atoms with Crippen LogP contribution in [0.25, 0.3) is 0 Å². The molecule has 32 heavy (non-hydrogen) atoms. The number of hydrogen-bond acceptors (Lipinski definition) is 2. The molecule has 0 aromatic heterocycles. The van der Waals surface area contributed by atoms with Gasteiger partial charge in [-0.25, -0.2) is 0 Å². The van der Waals surface area contributed by atoms with Gasteiger partial charge in [0.25, 0.3) is 5.91 Å². The molecule has 1 aromatic rings. The number of benzene rings is 1. The van der Waals surface area contributed by atoms with Crippen LogP contribution in [-0.4, -0.2) is 11.8 Å². The van der Waals surface area contributed by atoms with Gasteiger partial charge in [0.1, 0.15) is 0 Å². The van der Waals surface area contributed by atoms with Crippen LogP contribution >= 0.6 is 0 Å². The van der Waals surface area contributed by atoms with E-state index >= 15 is 0 Å². The van der Waals surface area contributed by atoms with Crippen LogP contribution in [0.2, 0.25) is 0 Å². The maximum absolute atomic E-state index is 12.5. The van der Waals surface area contributed by atoms with Crippen molar-refractivity contribution in [1.29, 1.82) is 0 Å². The highest BCUT2D eigenvalue weighted by molar-refractivity contribution is 6.05. The predicted octanol–water partition coefficient (Wildman–Crippen LogP) is 8.44. The van der Waals surface area contributed by atoms with Gasteiger partial charge in [-0.05, 0) is 62.4 Å². The maximum atomic E-state index is 12.5. The molecule has 0 saturated heterocycles. The number of hydrogen-bond donors (Lipinski definition) is 1. The molecular weight excluding hydrogens is 394 g/mol. The van der Waals surface area contributed by atoms with Crippen molar-refractivity contribution in [3.8, 4) is 0 Å². The fourth-order valence-corrected chi connectivity index (χ4v) is 4.36. The molecule has 3 nitrogen and oxygen atoms in total. The van der Waals surface area contributed by atoms with Crippen LogP contribution in [0.15, 0.2) is 6.07 Å². The quantitative estimate of drug-likeness (QED) is 0.245. The van der Waals surface area contributed by atoms with Gasteiger partial charge in [0.15, 0.2) is 0 Å². The Hall–Kier alpha value is -1.64. The third kappa shape index (κ3) is 11.3. The van der Waals surface area contributed by atoms with Crippen LogP contribution in [0, 0.1) is 27.7 Å². The topological polar surface area (TPSA) is 46.2 Å². The first-order valence-corrected chi connectivity index (χ1v) is 13.3. The molecule has 0 bridgehead atoms. The molecule has 0 aliphatic heterocycles. The highest BCUT2D eigenvalue weighted by atomic mass is 16.2. The summed E-state index contributed by atoms with van der Waals surface area (Å²) in [6.45, 7) is 10.3. The van der Waals surface area contributed by atoms with E-state index in [0.717, 1.165) is 29.5 Å². The molecule has 0 spiro atoms. The number of carbonyl (C=O) groups excluding carboxylic acids is 2. The standard InChI is InChI=1S/C29H49NO2/c1-6-7-8-9-10-11-12-13-14-15-16-17-18-19-20-21-28(31)30-29(32)27-22-23(2)24(3)25(4)26(27)5/h22H,6-21H2,1-5H3,(H,30,31,32). The fourth-order valence-electron chi connectivity index (χ4n) is 4.36. The lowest BCUT2D eigenvalue weighted by Gasteiger charge is -2.13. The molecule has 0 atom stereocenters. The molecule has 1 aromatic carbocycles. The Morgan fingerprint density at radius 1 is 0.625 bits per heavy atom. The number of rotatable bonds is 17. The average Bonchev–Trinajstić information content (AvgIpc) is 2.77. The summed E-state index contributed by atoms with van der Waals surface area (Å²) in [5.74, 6) is -0.417. The molecule has 0 heterocycles. The van der Waals surface area contributed by atoms with Crippen molar-refractivity contribution in [2.45, 2.75) is 137 Å². The number of amides is 2. The van der Waals surface area contributed by atoms with Crippen LogP contribution < -0.4 is 5.32 Å². The average molecular weight is 444 g/mol. The number of imide groups is 1. The summed E-state index contributed by atoms with van der Waals surface area (Å²) in [5.41, 5.74) is 5.02. The molecule has 1 rings (SSSR count). The minimum atomic E-state index is -0.264. The lowest BCUT2D eigenvalue weighted by molar-refractivity contribution is -0.120. The molecule has 0 aliphatic rings. The Labute approximate surface area is 198 Å². The second-order valence-electron chi connectivity index (χ2n) is 9.69. The van der Waals surface area contributed by atoms with Crippen molar-refractivity contribution in [2.24, 2.45) is 0 Å². The van der Waals surface area contributed by atoms with E-state index in [1.165, 1.54) is 89.0 Å². The van der Waals surface area contributed by atoms with E-state index in [0.29, 0.717) is 12.0 Å². The molecule has 0 unspecified atom stereocenters. The second-order valence-corrected chi connectivity index (χ2v) is 9.69. The molecule has 2 amide bonds.